The molecule has 3 aromatic carbocycles. The summed E-state index contributed by atoms with van der Waals surface area (Å²) in [5.41, 5.74) is 8.72. The summed E-state index contributed by atoms with van der Waals surface area (Å²) in [6.07, 6.45) is 1.94. The number of esters is 1. The fourth-order valence-corrected chi connectivity index (χ4v) is 6.87. The minimum atomic E-state index is -0.744. The Kier molecular flexibility index (Phi) is 8.16. The number of carbonyl (C=O) groups is 1. The third-order valence-corrected chi connectivity index (χ3v) is 9.29. The first kappa shape index (κ1) is 30.1. The summed E-state index contributed by atoms with van der Waals surface area (Å²) in [4.78, 5) is 33.5. The van der Waals surface area contributed by atoms with Gasteiger partial charge in [-0.15, -0.1) is 0 Å². The molecule has 5 aromatic rings. The molecule has 8 heteroatoms. The van der Waals surface area contributed by atoms with Gasteiger partial charge in [0.2, 0.25) is 0 Å². The number of hydrogen-bond donors (Lipinski definition) is 0. The van der Waals surface area contributed by atoms with Crippen LogP contribution in [-0.2, 0) is 9.53 Å². The lowest BCUT2D eigenvalue weighted by molar-refractivity contribution is -0.138. The number of ether oxygens (including phenoxy) is 2. The molecule has 0 unspecified atom stereocenters. The number of methoxy groups -OCH3 is 1. The summed E-state index contributed by atoms with van der Waals surface area (Å²) in [6.45, 7) is 10.3. The van der Waals surface area contributed by atoms with Gasteiger partial charge in [-0.1, -0.05) is 59.9 Å². The Hall–Kier alpha value is -4.95. The van der Waals surface area contributed by atoms with Crippen LogP contribution in [0, 0.1) is 27.7 Å². The van der Waals surface area contributed by atoms with Gasteiger partial charge in [-0.25, -0.2) is 9.79 Å². The summed E-state index contributed by atoms with van der Waals surface area (Å²) in [5.74, 6) is 0.169. The molecule has 1 atom stereocenters. The number of thiazole rings is 1. The maximum absolute atomic E-state index is 14.3. The highest BCUT2D eigenvalue weighted by atomic mass is 32.1. The standard InChI is InChI=1S/C37H35N3O4S/c1-7-44-36(42)32-33(26-11-9-8-10-12-26)38-37-40(34(32)27-14-17-30(43-6)18-15-27)35(41)31(45-37)21-28-20-24(4)39(25(28)5)29-16-13-22(2)23(3)19-29/h8-21,34H,7H2,1-6H3/b31-21+/t34-/m1/s1. The molecule has 7 nitrogen and oxygen atoms in total. The van der Waals surface area contributed by atoms with E-state index in [9.17, 15) is 9.59 Å². The molecule has 1 aliphatic heterocycles. The average Bonchev–Trinajstić information content (AvgIpc) is 3.51. The van der Waals surface area contributed by atoms with E-state index in [0.717, 1.165) is 33.8 Å². The molecule has 2 aromatic heterocycles. The fraction of sp³-hybridized carbons (Fsp3) is 0.216. The maximum atomic E-state index is 14.3. The molecular formula is C37H35N3O4S. The Morgan fingerprint density at radius 1 is 0.956 bits per heavy atom. The molecule has 6 rings (SSSR count). The van der Waals surface area contributed by atoms with Gasteiger partial charge in [-0.05, 0) is 93.3 Å². The first-order chi connectivity index (χ1) is 21.7. The highest BCUT2D eigenvalue weighted by molar-refractivity contribution is 7.07. The van der Waals surface area contributed by atoms with E-state index in [2.05, 4.69) is 56.5 Å². The van der Waals surface area contributed by atoms with Crippen LogP contribution in [0.4, 0.5) is 0 Å². The van der Waals surface area contributed by atoms with Crippen molar-refractivity contribution in [3.05, 3.63) is 143 Å². The van der Waals surface area contributed by atoms with Crippen LogP contribution in [0.2, 0.25) is 0 Å². The minimum Gasteiger partial charge on any atom is -0.497 e. The third kappa shape index (κ3) is 5.46. The summed E-state index contributed by atoms with van der Waals surface area (Å²) in [6, 6.07) is 24.8. The van der Waals surface area contributed by atoms with Crippen LogP contribution < -0.4 is 19.6 Å². The summed E-state index contributed by atoms with van der Waals surface area (Å²) >= 11 is 1.32. The predicted molar refractivity (Wildman–Crippen MR) is 179 cm³/mol. The van der Waals surface area contributed by atoms with E-state index in [1.807, 2.05) is 60.7 Å². The number of hydrogen-bond acceptors (Lipinski definition) is 6. The number of fused-ring (bicyclic) bond motifs is 1. The molecule has 0 bridgehead atoms. The van der Waals surface area contributed by atoms with Gasteiger partial charge in [0.25, 0.3) is 5.56 Å². The van der Waals surface area contributed by atoms with Gasteiger partial charge in [0.05, 0.1) is 35.6 Å². The van der Waals surface area contributed by atoms with Crippen molar-refractivity contribution >= 4 is 29.1 Å². The predicted octanol–water partition coefficient (Wildman–Crippen LogP) is 5.97. The maximum Gasteiger partial charge on any atom is 0.338 e. The van der Waals surface area contributed by atoms with Gasteiger partial charge in [-0.2, -0.15) is 0 Å². The largest absolute Gasteiger partial charge is 0.497 e. The van der Waals surface area contributed by atoms with Crippen molar-refractivity contribution in [3.8, 4) is 11.4 Å². The molecule has 0 saturated carbocycles. The number of nitrogens with zero attached hydrogens (tertiary/aromatic N) is 3. The quantitative estimate of drug-likeness (QED) is 0.211. The molecule has 0 N–H and O–H groups in total. The Labute approximate surface area is 266 Å². The molecule has 0 amide bonds. The van der Waals surface area contributed by atoms with E-state index in [4.69, 9.17) is 14.5 Å². The highest BCUT2D eigenvalue weighted by Crippen LogP contribution is 2.35. The van der Waals surface area contributed by atoms with Gasteiger partial charge in [0.1, 0.15) is 5.75 Å². The Balaban J connectivity index is 1.59. The Morgan fingerprint density at radius 2 is 1.69 bits per heavy atom. The van der Waals surface area contributed by atoms with Crippen molar-refractivity contribution in [1.29, 1.82) is 0 Å². The van der Waals surface area contributed by atoms with Gasteiger partial charge in [0, 0.05) is 22.6 Å². The normalized spacial score (nSPS) is 14.7. The average molecular weight is 618 g/mol. The molecule has 0 radical (unpaired) electrons. The molecule has 45 heavy (non-hydrogen) atoms. The second-order valence-electron chi connectivity index (χ2n) is 11.1. The van der Waals surface area contributed by atoms with Crippen LogP contribution in [0.1, 0.15) is 52.2 Å². The third-order valence-electron chi connectivity index (χ3n) is 8.31. The van der Waals surface area contributed by atoms with Crippen molar-refractivity contribution < 1.29 is 14.3 Å². The van der Waals surface area contributed by atoms with Crippen LogP contribution in [0.3, 0.4) is 0 Å². The van der Waals surface area contributed by atoms with E-state index in [1.54, 1.807) is 18.6 Å². The van der Waals surface area contributed by atoms with Crippen molar-refractivity contribution in [3.63, 3.8) is 0 Å². The first-order valence-corrected chi connectivity index (χ1v) is 15.7. The SMILES string of the molecule is CCOC(=O)C1=C(c2ccccc2)N=c2s/c(=C/c3cc(C)n(-c4ccc(C)c(C)c4)c3C)c(=O)n2[C@@H]1c1ccc(OC)cc1. The minimum absolute atomic E-state index is 0.195. The smallest absolute Gasteiger partial charge is 0.338 e. The highest BCUT2D eigenvalue weighted by Gasteiger charge is 2.35. The molecule has 1 aliphatic rings. The van der Waals surface area contributed by atoms with Gasteiger partial charge in [0.15, 0.2) is 4.80 Å². The Morgan fingerprint density at radius 3 is 2.36 bits per heavy atom. The number of benzene rings is 3. The number of rotatable bonds is 7. The van der Waals surface area contributed by atoms with E-state index >= 15 is 0 Å². The second-order valence-corrected chi connectivity index (χ2v) is 12.1. The second kappa shape index (κ2) is 12.2. The van der Waals surface area contributed by atoms with Crippen LogP contribution in [0.5, 0.6) is 5.75 Å². The van der Waals surface area contributed by atoms with Gasteiger partial charge in [-0.3, -0.25) is 9.36 Å². The lowest BCUT2D eigenvalue weighted by Gasteiger charge is -2.26. The number of aryl methyl sites for hydroxylation is 3. The van der Waals surface area contributed by atoms with Gasteiger partial charge >= 0.3 is 5.97 Å². The topological polar surface area (TPSA) is 74.8 Å². The van der Waals surface area contributed by atoms with Crippen molar-refractivity contribution in [2.45, 2.75) is 40.7 Å². The van der Waals surface area contributed by atoms with Crippen LogP contribution in [0.15, 0.2) is 94.2 Å². The Bertz CT molecular complexity index is 2130. The molecule has 0 fully saturated rings. The zero-order chi connectivity index (χ0) is 31.8. The molecule has 0 aliphatic carbocycles. The molecule has 3 heterocycles. The molecular weight excluding hydrogens is 582 g/mol. The van der Waals surface area contributed by atoms with Crippen molar-refractivity contribution in [1.82, 2.24) is 9.13 Å². The van der Waals surface area contributed by atoms with Crippen molar-refractivity contribution in [2.24, 2.45) is 4.99 Å². The monoisotopic (exact) mass is 617 g/mol. The van der Waals surface area contributed by atoms with E-state index in [0.29, 0.717) is 26.4 Å². The lowest BCUT2D eigenvalue weighted by Crippen LogP contribution is -2.40. The molecule has 228 valence electrons. The van der Waals surface area contributed by atoms with Crippen LogP contribution in [-0.4, -0.2) is 28.8 Å². The zero-order valence-corrected chi connectivity index (χ0v) is 27.1. The summed E-state index contributed by atoms with van der Waals surface area (Å²) < 4.78 is 15.3. The van der Waals surface area contributed by atoms with E-state index in [1.165, 1.54) is 22.5 Å². The van der Waals surface area contributed by atoms with Crippen molar-refractivity contribution in [2.75, 3.05) is 13.7 Å². The number of carbonyl (C=O) groups excluding carboxylic acids is 1. The molecule has 0 saturated heterocycles. The number of aromatic nitrogens is 2. The van der Waals surface area contributed by atoms with E-state index < -0.39 is 12.0 Å². The van der Waals surface area contributed by atoms with Crippen LogP contribution in [0.25, 0.3) is 17.5 Å². The van der Waals surface area contributed by atoms with Gasteiger partial charge < -0.3 is 14.0 Å². The van der Waals surface area contributed by atoms with E-state index in [-0.39, 0.29) is 12.2 Å². The zero-order valence-electron chi connectivity index (χ0n) is 26.3. The van der Waals surface area contributed by atoms with Crippen LogP contribution >= 0.6 is 11.3 Å². The lowest BCUT2D eigenvalue weighted by atomic mass is 9.93. The first-order valence-electron chi connectivity index (χ1n) is 14.9. The molecule has 0 spiro atoms. The summed E-state index contributed by atoms with van der Waals surface area (Å²) in [5, 5.41) is 0. The summed E-state index contributed by atoms with van der Waals surface area (Å²) in [7, 11) is 1.60. The fourth-order valence-electron chi connectivity index (χ4n) is 5.88.